The second kappa shape index (κ2) is 4.68. The van der Waals surface area contributed by atoms with Crippen LogP contribution in [-0.2, 0) is 4.79 Å². The number of carboxylic acid groups (broad SMARTS) is 1. The average molecular weight is 220 g/mol. The zero-order valence-electron chi connectivity index (χ0n) is 7.47. The molecule has 15 heavy (non-hydrogen) atoms. The summed E-state index contributed by atoms with van der Waals surface area (Å²) in [6.45, 7) is -0.308. The van der Waals surface area contributed by atoms with Crippen molar-refractivity contribution >= 4 is 5.97 Å². The van der Waals surface area contributed by atoms with E-state index in [9.17, 15) is 18.0 Å². The van der Waals surface area contributed by atoms with Crippen LogP contribution < -0.4 is 4.74 Å². The van der Waals surface area contributed by atoms with Gasteiger partial charge >= 0.3 is 5.97 Å². The first-order chi connectivity index (χ1) is 7.00. The molecule has 0 atom stereocenters. The van der Waals surface area contributed by atoms with Crippen molar-refractivity contribution in [2.24, 2.45) is 0 Å². The molecule has 0 saturated carbocycles. The molecule has 0 aliphatic rings. The highest BCUT2D eigenvalue weighted by Crippen LogP contribution is 2.20. The van der Waals surface area contributed by atoms with E-state index in [1.807, 2.05) is 0 Å². The molecule has 0 unspecified atom stereocenters. The van der Waals surface area contributed by atoms with Crippen LogP contribution in [0.3, 0.4) is 0 Å². The Morgan fingerprint density at radius 2 is 1.80 bits per heavy atom. The summed E-state index contributed by atoms with van der Waals surface area (Å²) in [4.78, 5) is 10.1. The van der Waals surface area contributed by atoms with Gasteiger partial charge in [-0.05, 0) is 0 Å². The number of ether oxygens (including phenoxy) is 1. The van der Waals surface area contributed by atoms with Crippen LogP contribution in [0.4, 0.5) is 13.2 Å². The van der Waals surface area contributed by atoms with Crippen LogP contribution in [-0.4, -0.2) is 17.7 Å². The molecule has 0 spiro atoms. The lowest BCUT2D eigenvalue weighted by Gasteiger charge is -2.05. The third-order valence-electron chi connectivity index (χ3n) is 1.55. The van der Waals surface area contributed by atoms with Crippen LogP contribution in [0.5, 0.6) is 5.75 Å². The second-order valence-corrected chi connectivity index (χ2v) is 2.69. The minimum Gasteiger partial charge on any atom is -0.490 e. The van der Waals surface area contributed by atoms with Gasteiger partial charge in [0.05, 0.1) is 13.0 Å². The maximum Gasteiger partial charge on any atom is 0.306 e. The first-order valence-corrected chi connectivity index (χ1v) is 4.00. The molecule has 0 fully saturated rings. The maximum atomic E-state index is 12.9. The van der Waals surface area contributed by atoms with Gasteiger partial charge in [-0.25, -0.2) is 13.2 Å². The molecule has 0 aromatic heterocycles. The van der Waals surface area contributed by atoms with E-state index >= 15 is 0 Å². The van der Waals surface area contributed by atoms with E-state index in [0.29, 0.717) is 12.1 Å². The van der Waals surface area contributed by atoms with E-state index in [0.717, 1.165) is 0 Å². The van der Waals surface area contributed by atoms with Crippen molar-refractivity contribution < 1.29 is 27.8 Å². The summed E-state index contributed by atoms with van der Waals surface area (Å²) in [7, 11) is 0. The Balaban J connectivity index is 2.69. The Kier molecular flexibility index (Phi) is 3.54. The highest BCUT2D eigenvalue weighted by atomic mass is 19.2. The van der Waals surface area contributed by atoms with Crippen LogP contribution in [0.25, 0.3) is 0 Å². The lowest BCUT2D eigenvalue weighted by atomic mass is 10.3. The number of hydrogen-bond acceptors (Lipinski definition) is 2. The van der Waals surface area contributed by atoms with Gasteiger partial charge in [-0.15, -0.1) is 0 Å². The Morgan fingerprint density at radius 3 is 2.40 bits per heavy atom. The molecule has 1 aromatic carbocycles. The Morgan fingerprint density at radius 1 is 1.20 bits per heavy atom. The lowest BCUT2D eigenvalue weighted by Crippen LogP contribution is -2.06. The second-order valence-electron chi connectivity index (χ2n) is 2.69. The maximum absolute atomic E-state index is 12.9. The number of aliphatic carboxylic acids is 1. The quantitative estimate of drug-likeness (QED) is 0.789. The SMILES string of the molecule is O=C(O)CCOc1cc(F)c(F)cc1F. The van der Waals surface area contributed by atoms with Gasteiger partial charge in [-0.2, -0.15) is 0 Å². The molecule has 1 N–H and O–H groups in total. The summed E-state index contributed by atoms with van der Waals surface area (Å²) in [5, 5.41) is 8.25. The van der Waals surface area contributed by atoms with Gasteiger partial charge in [-0.1, -0.05) is 0 Å². The third-order valence-corrected chi connectivity index (χ3v) is 1.55. The normalized spacial score (nSPS) is 10.1. The van der Waals surface area contributed by atoms with E-state index in [-0.39, 0.29) is 13.0 Å². The van der Waals surface area contributed by atoms with Crippen molar-refractivity contribution in [3.63, 3.8) is 0 Å². The minimum atomic E-state index is -1.32. The topological polar surface area (TPSA) is 46.5 Å². The molecule has 0 bridgehead atoms. The molecule has 1 aromatic rings. The van der Waals surface area contributed by atoms with E-state index in [2.05, 4.69) is 4.74 Å². The molecule has 0 heterocycles. The Labute approximate surface area is 83.1 Å². The van der Waals surface area contributed by atoms with Gasteiger partial charge in [0.25, 0.3) is 0 Å². The van der Waals surface area contributed by atoms with Gasteiger partial charge in [0.15, 0.2) is 23.2 Å². The van der Waals surface area contributed by atoms with Crippen LogP contribution in [0, 0.1) is 17.5 Å². The van der Waals surface area contributed by atoms with Crippen molar-refractivity contribution in [3.8, 4) is 5.75 Å². The molecule has 0 radical (unpaired) electrons. The minimum absolute atomic E-state index is 0.308. The van der Waals surface area contributed by atoms with E-state index < -0.39 is 29.2 Å². The Hall–Kier alpha value is -1.72. The van der Waals surface area contributed by atoms with Gasteiger partial charge in [-0.3, -0.25) is 4.79 Å². The van der Waals surface area contributed by atoms with Gasteiger partial charge < -0.3 is 9.84 Å². The van der Waals surface area contributed by atoms with Gasteiger partial charge in [0.1, 0.15) is 0 Å². The number of halogens is 3. The van der Waals surface area contributed by atoms with Crippen molar-refractivity contribution in [2.45, 2.75) is 6.42 Å². The summed E-state index contributed by atoms with van der Waals surface area (Å²) in [5.41, 5.74) is 0. The fourth-order valence-electron chi connectivity index (χ4n) is 0.863. The smallest absolute Gasteiger partial charge is 0.306 e. The van der Waals surface area contributed by atoms with Crippen LogP contribution in [0.1, 0.15) is 6.42 Å². The summed E-state index contributed by atoms with van der Waals surface area (Å²) < 4.78 is 42.5. The molecule has 1 rings (SSSR count). The van der Waals surface area contributed by atoms with E-state index in [1.54, 1.807) is 0 Å². The van der Waals surface area contributed by atoms with Crippen molar-refractivity contribution in [2.75, 3.05) is 6.61 Å². The number of carbonyl (C=O) groups is 1. The van der Waals surface area contributed by atoms with Crippen LogP contribution in [0.2, 0.25) is 0 Å². The zero-order chi connectivity index (χ0) is 11.4. The molecule has 0 aliphatic heterocycles. The van der Waals surface area contributed by atoms with Crippen molar-refractivity contribution in [3.05, 3.63) is 29.6 Å². The molecule has 3 nitrogen and oxygen atoms in total. The number of benzene rings is 1. The summed E-state index contributed by atoms with van der Waals surface area (Å²) >= 11 is 0. The average Bonchev–Trinajstić information content (AvgIpc) is 2.13. The molecule has 82 valence electrons. The monoisotopic (exact) mass is 220 g/mol. The first kappa shape index (κ1) is 11.4. The lowest BCUT2D eigenvalue weighted by molar-refractivity contribution is -0.137. The Bertz CT molecular complexity index is 379. The van der Waals surface area contributed by atoms with Crippen molar-refractivity contribution in [1.29, 1.82) is 0 Å². The predicted octanol–water partition coefficient (Wildman–Crippen LogP) is 1.96. The van der Waals surface area contributed by atoms with E-state index in [1.165, 1.54) is 0 Å². The van der Waals surface area contributed by atoms with Gasteiger partial charge in [0, 0.05) is 12.1 Å². The van der Waals surface area contributed by atoms with Crippen LogP contribution in [0.15, 0.2) is 12.1 Å². The summed E-state index contributed by atoms with van der Waals surface area (Å²) in [6, 6.07) is 0.873. The number of carboxylic acids is 1. The van der Waals surface area contributed by atoms with E-state index in [4.69, 9.17) is 5.11 Å². The molecular formula is C9H7F3O3. The molecular weight excluding hydrogens is 213 g/mol. The third kappa shape index (κ3) is 3.16. The number of rotatable bonds is 4. The molecule has 0 aliphatic carbocycles. The zero-order valence-corrected chi connectivity index (χ0v) is 7.47. The van der Waals surface area contributed by atoms with Crippen molar-refractivity contribution in [1.82, 2.24) is 0 Å². The highest BCUT2D eigenvalue weighted by Gasteiger charge is 2.11. The fourth-order valence-corrected chi connectivity index (χ4v) is 0.863. The van der Waals surface area contributed by atoms with Gasteiger partial charge in [0.2, 0.25) is 0 Å². The largest absolute Gasteiger partial charge is 0.490 e. The standard InChI is InChI=1S/C9H7F3O3/c10-5-3-7(12)8(4-6(5)11)15-2-1-9(13)14/h3-4H,1-2H2,(H,13,14). The fraction of sp³-hybridized carbons (Fsp3) is 0.222. The number of hydrogen-bond donors (Lipinski definition) is 1. The van der Waals surface area contributed by atoms with Crippen LogP contribution >= 0.6 is 0 Å². The predicted molar refractivity (Wildman–Crippen MR) is 44.1 cm³/mol. The molecule has 0 amide bonds. The summed E-state index contributed by atoms with van der Waals surface area (Å²) in [6.07, 6.45) is -0.349. The highest BCUT2D eigenvalue weighted by molar-refractivity contribution is 5.66. The summed E-state index contributed by atoms with van der Waals surface area (Å²) in [5.74, 6) is -5.27. The first-order valence-electron chi connectivity index (χ1n) is 4.00. The molecule has 6 heteroatoms. The molecule has 0 saturated heterocycles.